The van der Waals surface area contributed by atoms with Gasteiger partial charge in [-0.25, -0.2) is 0 Å². The number of aryl methyl sites for hydroxylation is 1. The Hall–Kier alpha value is -1.38. The summed E-state index contributed by atoms with van der Waals surface area (Å²) in [5.41, 5.74) is 1.79. The second-order valence-corrected chi connectivity index (χ2v) is 5.14. The normalized spacial score (nSPS) is 12.0. The summed E-state index contributed by atoms with van der Waals surface area (Å²) in [4.78, 5) is 13.5. The summed E-state index contributed by atoms with van der Waals surface area (Å²) < 4.78 is 0.980. The van der Waals surface area contributed by atoms with Crippen LogP contribution in [0.5, 0.6) is 0 Å². The van der Waals surface area contributed by atoms with Crippen molar-refractivity contribution in [2.45, 2.75) is 19.9 Å². The van der Waals surface area contributed by atoms with E-state index < -0.39 is 0 Å². The van der Waals surface area contributed by atoms with Gasteiger partial charge in [0.1, 0.15) is 0 Å². The van der Waals surface area contributed by atoms with Gasteiger partial charge < -0.3 is 5.32 Å². The third kappa shape index (κ3) is 4.13. The van der Waals surface area contributed by atoms with E-state index in [9.17, 15) is 4.79 Å². The molecule has 5 heteroatoms. The number of rotatable bonds is 4. The number of likely N-dealkylation sites (N-methyl/N-ethyl adjacent to an activating group) is 1. The smallest absolute Gasteiger partial charge is 0.238 e. The summed E-state index contributed by atoms with van der Waals surface area (Å²) in [6.45, 7) is 3.89. The Balaban J connectivity index is 2.63. The maximum Gasteiger partial charge on any atom is 0.238 e. The lowest BCUT2D eigenvalue weighted by molar-refractivity contribution is -0.117. The molecule has 0 heterocycles. The van der Waals surface area contributed by atoms with E-state index in [0.29, 0.717) is 0 Å². The first-order valence-corrected chi connectivity index (χ1v) is 6.39. The minimum absolute atomic E-state index is 0.120. The predicted octanol–water partition coefficient (Wildman–Crippen LogP) is 2.54. The first-order valence-electron chi connectivity index (χ1n) is 5.60. The van der Waals surface area contributed by atoms with Crippen molar-refractivity contribution in [2.24, 2.45) is 0 Å². The molecule has 1 rings (SSSR count). The van der Waals surface area contributed by atoms with E-state index in [-0.39, 0.29) is 18.5 Å². The van der Waals surface area contributed by atoms with Crippen LogP contribution in [0.2, 0.25) is 0 Å². The van der Waals surface area contributed by atoms with Crippen molar-refractivity contribution in [3.63, 3.8) is 0 Å². The van der Waals surface area contributed by atoms with Gasteiger partial charge in [0.15, 0.2) is 0 Å². The molecule has 4 nitrogen and oxygen atoms in total. The Morgan fingerprint density at radius 1 is 1.61 bits per heavy atom. The zero-order valence-corrected chi connectivity index (χ0v) is 12.3. The molecule has 96 valence electrons. The number of hydrogen-bond acceptors (Lipinski definition) is 3. The standard InChI is InChI=1S/C13H16BrN3O/c1-9-6-11(14)4-5-12(9)16-13(18)8-17(3)10(2)7-15/h4-6,10H,8H2,1-3H3,(H,16,18)/t10-/m0/s1. The van der Waals surface area contributed by atoms with Gasteiger partial charge in [0.05, 0.1) is 18.7 Å². The number of amides is 1. The molecule has 1 aromatic rings. The second kappa shape index (κ2) is 6.53. The number of benzene rings is 1. The molecule has 0 saturated heterocycles. The number of halogens is 1. The van der Waals surface area contributed by atoms with Crippen LogP contribution in [0.4, 0.5) is 5.69 Å². The van der Waals surface area contributed by atoms with Crippen molar-refractivity contribution in [2.75, 3.05) is 18.9 Å². The molecule has 1 amide bonds. The largest absolute Gasteiger partial charge is 0.325 e. The molecular formula is C13H16BrN3O. The van der Waals surface area contributed by atoms with Crippen molar-refractivity contribution in [1.82, 2.24) is 4.90 Å². The highest BCUT2D eigenvalue weighted by Gasteiger charge is 2.12. The van der Waals surface area contributed by atoms with Crippen LogP contribution in [0.15, 0.2) is 22.7 Å². The van der Waals surface area contributed by atoms with E-state index in [0.717, 1.165) is 15.7 Å². The zero-order chi connectivity index (χ0) is 13.7. The fourth-order valence-electron chi connectivity index (χ4n) is 1.42. The average molecular weight is 310 g/mol. The highest BCUT2D eigenvalue weighted by Crippen LogP contribution is 2.19. The minimum atomic E-state index is -0.276. The van der Waals surface area contributed by atoms with Crippen LogP contribution in [0.1, 0.15) is 12.5 Å². The number of nitriles is 1. The van der Waals surface area contributed by atoms with Gasteiger partial charge in [0.2, 0.25) is 5.91 Å². The van der Waals surface area contributed by atoms with Crippen molar-refractivity contribution in [3.05, 3.63) is 28.2 Å². The van der Waals surface area contributed by atoms with E-state index in [2.05, 4.69) is 27.3 Å². The summed E-state index contributed by atoms with van der Waals surface area (Å²) in [5.74, 6) is -0.120. The molecule has 1 aromatic carbocycles. The molecule has 18 heavy (non-hydrogen) atoms. The van der Waals surface area contributed by atoms with E-state index in [1.807, 2.05) is 25.1 Å². The molecule has 1 N–H and O–H groups in total. The van der Waals surface area contributed by atoms with Gasteiger partial charge in [0, 0.05) is 10.2 Å². The molecule has 0 radical (unpaired) electrons. The number of hydrogen-bond donors (Lipinski definition) is 1. The monoisotopic (exact) mass is 309 g/mol. The van der Waals surface area contributed by atoms with E-state index >= 15 is 0 Å². The molecular weight excluding hydrogens is 294 g/mol. The van der Waals surface area contributed by atoms with E-state index in [1.165, 1.54) is 0 Å². The Kier molecular flexibility index (Phi) is 5.32. The Morgan fingerprint density at radius 2 is 2.28 bits per heavy atom. The van der Waals surface area contributed by atoms with Crippen LogP contribution in [0.25, 0.3) is 0 Å². The lowest BCUT2D eigenvalue weighted by Crippen LogP contribution is -2.35. The maximum absolute atomic E-state index is 11.8. The number of anilines is 1. The van der Waals surface area contributed by atoms with Gasteiger partial charge >= 0.3 is 0 Å². The van der Waals surface area contributed by atoms with Crippen LogP contribution in [-0.4, -0.2) is 30.4 Å². The topological polar surface area (TPSA) is 56.1 Å². The lowest BCUT2D eigenvalue weighted by atomic mass is 10.2. The molecule has 0 unspecified atom stereocenters. The van der Waals surface area contributed by atoms with Crippen molar-refractivity contribution in [1.29, 1.82) is 5.26 Å². The van der Waals surface area contributed by atoms with Gasteiger partial charge in [-0.1, -0.05) is 15.9 Å². The van der Waals surface area contributed by atoms with Crippen LogP contribution in [0.3, 0.4) is 0 Å². The minimum Gasteiger partial charge on any atom is -0.325 e. The molecule has 0 aliphatic carbocycles. The number of carbonyl (C=O) groups excluding carboxylic acids is 1. The fraction of sp³-hybridized carbons (Fsp3) is 0.385. The summed E-state index contributed by atoms with van der Waals surface area (Å²) in [6, 6.07) is 7.49. The van der Waals surface area contributed by atoms with Crippen molar-refractivity contribution >= 4 is 27.5 Å². The molecule has 0 aliphatic heterocycles. The van der Waals surface area contributed by atoms with Crippen molar-refractivity contribution in [3.8, 4) is 6.07 Å². The average Bonchev–Trinajstić information content (AvgIpc) is 2.31. The molecule has 0 bridgehead atoms. The summed E-state index contributed by atoms with van der Waals surface area (Å²) in [5, 5.41) is 11.6. The SMILES string of the molecule is Cc1cc(Br)ccc1NC(=O)CN(C)[C@@H](C)C#N. The number of nitrogens with zero attached hydrogens (tertiary/aromatic N) is 2. The van der Waals surface area contributed by atoms with Gasteiger partial charge in [-0.05, 0) is 44.7 Å². The summed E-state index contributed by atoms with van der Waals surface area (Å²) in [7, 11) is 1.75. The maximum atomic E-state index is 11.8. The molecule has 0 saturated carbocycles. The molecule has 0 fully saturated rings. The predicted molar refractivity (Wildman–Crippen MR) is 75.2 cm³/mol. The third-order valence-corrected chi connectivity index (χ3v) is 3.20. The highest BCUT2D eigenvalue weighted by molar-refractivity contribution is 9.10. The number of nitrogens with one attached hydrogen (secondary N) is 1. The molecule has 0 aromatic heterocycles. The Labute approximate surface area is 116 Å². The van der Waals surface area contributed by atoms with Gasteiger partial charge in [-0.3, -0.25) is 9.69 Å². The third-order valence-electron chi connectivity index (χ3n) is 2.70. The van der Waals surface area contributed by atoms with Gasteiger partial charge in [-0.15, -0.1) is 0 Å². The Bertz CT molecular complexity index is 482. The zero-order valence-electron chi connectivity index (χ0n) is 10.7. The number of carbonyl (C=O) groups is 1. The second-order valence-electron chi connectivity index (χ2n) is 4.23. The Morgan fingerprint density at radius 3 is 2.83 bits per heavy atom. The van der Waals surface area contributed by atoms with Crippen LogP contribution in [0, 0.1) is 18.3 Å². The summed E-state index contributed by atoms with van der Waals surface area (Å²) in [6.07, 6.45) is 0. The van der Waals surface area contributed by atoms with Crippen LogP contribution < -0.4 is 5.32 Å². The first-order chi connectivity index (χ1) is 8.43. The fourth-order valence-corrected chi connectivity index (χ4v) is 1.89. The quantitative estimate of drug-likeness (QED) is 0.930. The van der Waals surface area contributed by atoms with E-state index in [4.69, 9.17) is 5.26 Å². The molecule has 0 spiro atoms. The summed E-state index contributed by atoms with van der Waals surface area (Å²) >= 11 is 3.37. The van der Waals surface area contributed by atoms with Crippen LogP contribution >= 0.6 is 15.9 Å². The van der Waals surface area contributed by atoms with Crippen LogP contribution in [-0.2, 0) is 4.79 Å². The van der Waals surface area contributed by atoms with Crippen molar-refractivity contribution < 1.29 is 4.79 Å². The van der Waals surface area contributed by atoms with E-state index in [1.54, 1.807) is 18.9 Å². The highest BCUT2D eigenvalue weighted by atomic mass is 79.9. The van der Waals surface area contributed by atoms with Gasteiger partial charge in [0.25, 0.3) is 0 Å². The molecule has 1 atom stereocenters. The first kappa shape index (κ1) is 14.7. The lowest BCUT2D eigenvalue weighted by Gasteiger charge is -2.18. The van der Waals surface area contributed by atoms with Gasteiger partial charge in [-0.2, -0.15) is 5.26 Å². The molecule has 0 aliphatic rings.